The van der Waals surface area contributed by atoms with Crippen LogP contribution < -0.4 is 0 Å². The van der Waals surface area contributed by atoms with Crippen molar-refractivity contribution >= 4 is 5.97 Å². The number of carboxylic acid groups (broad SMARTS) is 1. The van der Waals surface area contributed by atoms with Gasteiger partial charge in [0.25, 0.3) is 0 Å². The van der Waals surface area contributed by atoms with E-state index in [0.29, 0.717) is 0 Å². The molecular weight excluding hydrogens is 166 g/mol. The molecule has 0 amide bonds. The Morgan fingerprint density at radius 1 is 1.46 bits per heavy atom. The first-order valence-corrected chi connectivity index (χ1v) is 4.88. The molecule has 0 aliphatic heterocycles. The average molecular weight is 185 g/mol. The third-order valence-corrected chi connectivity index (χ3v) is 3.27. The molecule has 0 aromatic heterocycles. The van der Waals surface area contributed by atoms with E-state index >= 15 is 0 Å². The van der Waals surface area contributed by atoms with Crippen molar-refractivity contribution in [2.24, 2.45) is 5.41 Å². The van der Waals surface area contributed by atoms with Gasteiger partial charge in [-0.2, -0.15) is 0 Å². The molecule has 1 rings (SSSR count). The van der Waals surface area contributed by atoms with Crippen LogP contribution in [-0.4, -0.2) is 36.1 Å². The summed E-state index contributed by atoms with van der Waals surface area (Å²) in [6.07, 6.45) is 4.03. The number of hydrogen-bond donors (Lipinski definition) is 1. The first-order chi connectivity index (χ1) is 5.98. The highest BCUT2D eigenvalue weighted by molar-refractivity contribution is 5.75. The zero-order valence-corrected chi connectivity index (χ0v) is 8.71. The normalized spacial score (nSPS) is 34.9. The first kappa shape index (κ1) is 10.5. The number of rotatable bonds is 2. The molecule has 1 aliphatic carbocycles. The highest BCUT2D eigenvalue weighted by Crippen LogP contribution is 2.38. The van der Waals surface area contributed by atoms with E-state index in [-0.39, 0.29) is 6.04 Å². The maximum absolute atomic E-state index is 11.2. The number of hydrogen-bond acceptors (Lipinski definition) is 2. The van der Waals surface area contributed by atoms with Gasteiger partial charge >= 0.3 is 5.97 Å². The third kappa shape index (κ3) is 1.85. The first-order valence-electron chi connectivity index (χ1n) is 4.88. The molecule has 0 aromatic rings. The summed E-state index contributed by atoms with van der Waals surface area (Å²) in [6.45, 7) is 1.87. The van der Waals surface area contributed by atoms with Crippen molar-refractivity contribution in [2.75, 3.05) is 14.1 Å². The number of carbonyl (C=O) groups is 1. The Labute approximate surface area is 79.7 Å². The van der Waals surface area contributed by atoms with Gasteiger partial charge in [0.05, 0.1) is 5.41 Å². The fourth-order valence-electron chi connectivity index (χ4n) is 2.39. The van der Waals surface area contributed by atoms with Crippen molar-refractivity contribution in [1.82, 2.24) is 4.90 Å². The van der Waals surface area contributed by atoms with E-state index in [1.807, 2.05) is 25.9 Å². The zero-order valence-electron chi connectivity index (χ0n) is 8.71. The number of aliphatic carboxylic acids is 1. The molecule has 0 spiro atoms. The fourth-order valence-corrected chi connectivity index (χ4v) is 2.39. The predicted molar refractivity (Wildman–Crippen MR) is 51.7 cm³/mol. The summed E-state index contributed by atoms with van der Waals surface area (Å²) in [4.78, 5) is 13.2. The topological polar surface area (TPSA) is 40.5 Å². The second kappa shape index (κ2) is 3.66. The van der Waals surface area contributed by atoms with Gasteiger partial charge in [0.1, 0.15) is 0 Å². The zero-order chi connectivity index (χ0) is 10.1. The fraction of sp³-hybridized carbons (Fsp3) is 0.900. The number of carboxylic acids is 1. The van der Waals surface area contributed by atoms with Crippen LogP contribution in [0.25, 0.3) is 0 Å². The second-order valence-electron chi connectivity index (χ2n) is 4.45. The van der Waals surface area contributed by atoms with Crippen LogP contribution in [0.5, 0.6) is 0 Å². The van der Waals surface area contributed by atoms with E-state index in [0.717, 1.165) is 25.7 Å². The van der Waals surface area contributed by atoms with Gasteiger partial charge in [-0.15, -0.1) is 0 Å². The van der Waals surface area contributed by atoms with Crippen molar-refractivity contribution in [3.05, 3.63) is 0 Å². The molecule has 3 nitrogen and oxygen atoms in total. The van der Waals surface area contributed by atoms with Crippen molar-refractivity contribution in [1.29, 1.82) is 0 Å². The highest BCUT2D eigenvalue weighted by atomic mass is 16.4. The van der Waals surface area contributed by atoms with Crippen LogP contribution in [0.2, 0.25) is 0 Å². The largest absolute Gasteiger partial charge is 0.481 e. The van der Waals surface area contributed by atoms with Gasteiger partial charge < -0.3 is 10.0 Å². The van der Waals surface area contributed by atoms with E-state index in [2.05, 4.69) is 0 Å². The molecule has 13 heavy (non-hydrogen) atoms. The lowest BCUT2D eigenvalue weighted by atomic mass is 9.71. The van der Waals surface area contributed by atoms with Crippen LogP contribution in [0.3, 0.4) is 0 Å². The molecule has 1 fully saturated rings. The maximum Gasteiger partial charge on any atom is 0.310 e. The van der Waals surface area contributed by atoms with Gasteiger partial charge in [0, 0.05) is 6.04 Å². The Morgan fingerprint density at radius 3 is 2.46 bits per heavy atom. The van der Waals surface area contributed by atoms with E-state index in [4.69, 9.17) is 0 Å². The van der Waals surface area contributed by atoms with Crippen LogP contribution in [0.1, 0.15) is 32.6 Å². The third-order valence-electron chi connectivity index (χ3n) is 3.27. The molecule has 2 unspecified atom stereocenters. The summed E-state index contributed by atoms with van der Waals surface area (Å²) < 4.78 is 0. The van der Waals surface area contributed by atoms with Crippen LogP contribution in [-0.2, 0) is 4.79 Å². The lowest BCUT2D eigenvalue weighted by Gasteiger charge is -2.41. The molecule has 1 saturated carbocycles. The molecule has 0 radical (unpaired) electrons. The van der Waals surface area contributed by atoms with Crippen molar-refractivity contribution < 1.29 is 9.90 Å². The van der Waals surface area contributed by atoms with E-state index < -0.39 is 11.4 Å². The summed E-state index contributed by atoms with van der Waals surface area (Å²) in [7, 11) is 3.94. The minimum atomic E-state index is -0.647. The second-order valence-corrected chi connectivity index (χ2v) is 4.45. The minimum Gasteiger partial charge on any atom is -0.481 e. The molecule has 76 valence electrons. The molecule has 3 heteroatoms. The molecule has 0 aromatic carbocycles. The average Bonchev–Trinajstić information content (AvgIpc) is 2.04. The SMILES string of the molecule is CN(C)C1CCCCC1(C)C(=O)O. The summed E-state index contributed by atoms with van der Waals surface area (Å²) in [5, 5.41) is 9.19. The Bertz CT molecular complexity index is 203. The van der Waals surface area contributed by atoms with E-state index in [9.17, 15) is 9.90 Å². The molecular formula is C10H19NO2. The summed E-state index contributed by atoms with van der Waals surface area (Å²) >= 11 is 0. The van der Waals surface area contributed by atoms with Crippen molar-refractivity contribution in [3.8, 4) is 0 Å². The Morgan fingerprint density at radius 2 is 2.08 bits per heavy atom. The monoisotopic (exact) mass is 185 g/mol. The molecule has 1 N–H and O–H groups in total. The molecule has 2 atom stereocenters. The van der Waals surface area contributed by atoms with Gasteiger partial charge in [0.15, 0.2) is 0 Å². The van der Waals surface area contributed by atoms with Crippen molar-refractivity contribution in [2.45, 2.75) is 38.6 Å². The molecule has 1 aliphatic rings. The predicted octanol–water partition coefficient (Wildman–Crippen LogP) is 1.58. The minimum absolute atomic E-state index is 0.193. The van der Waals surface area contributed by atoms with Crippen LogP contribution in [0.4, 0.5) is 0 Å². The highest BCUT2D eigenvalue weighted by Gasteiger charge is 2.43. The summed E-state index contributed by atoms with van der Waals surface area (Å²) in [5.74, 6) is -0.647. The van der Waals surface area contributed by atoms with Gasteiger partial charge in [-0.25, -0.2) is 0 Å². The van der Waals surface area contributed by atoms with Gasteiger partial charge in [-0.1, -0.05) is 12.8 Å². The molecule has 0 saturated heterocycles. The molecule has 0 bridgehead atoms. The lowest BCUT2D eigenvalue weighted by molar-refractivity contribution is -0.154. The number of nitrogens with zero attached hydrogens (tertiary/aromatic N) is 1. The summed E-state index contributed by atoms with van der Waals surface area (Å²) in [5.41, 5.74) is -0.540. The van der Waals surface area contributed by atoms with Crippen LogP contribution in [0, 0.1) is 5.41 Å². The Kier molecular flexibility index (Phi) is 2.96. The Hall–Kier alpha value is -0.570. The van der Waals surface area contributed by atoms with Gasteiger partial charge in [-0.3, -0.25) is 4.79 Å². The standard InChI is InChI=1S/C10H19NO2/c1-10(9(12)13)7-5-4-6-8(10)11(2)3/h8H,4-7H2,1-3H3,(H,12,13). The summed E-state index contributed by atoms with van der Waals surface area (Å²) in [6, 6.07) is 0.193. The van der Waals surface area contributed by atoms with Crippen LogP contribution in [0.15, 0.2) is 0 Å². The van der Waals surface area contributed by atoms with E-state index in [1.54, 1.807) is 0 Å². The maximum atomic E-state index is 11.2. The van der Waals surface area contributed by atoms with Crippen molar-refractivity contribution in [3.63, 3.8) is 0 Å². The Balaban J connectivity index is 2.83. The van der Waals surface area contributed by atoms with E-state index in [1.165, 1.54) is 0 Å². The van der Waals surface area contributed by atoms with Gasteiger partial charge in [-0.05, 0) is 33.9 Å². The van der Waals surface area contributed by atoms with Gasteiger partial charge in [0.2, 0.25) is 0 Å². The smallest absolute Gasteiger partial charge is 0.310 e. The van der Waals surface area contributed by atoms with Crippen LogP contribution >= 0.6 is 0 Å². The lowest BCUT2D eigenvalue weighted by Crippen LogP contribution is -2.49. The molecule has 0 heterocycles. The quantitative estimate of drug-likeness (QED) is 0.710.